The molecule has 2 saturated heterocycles. The number of anilines is 2. The van der Waals surface area contributed by atoms with Gasteiger partial charge in [-0.25, -0.2) is 23.7 Å². The molecule has 0 aliphatic carbocycles. The van der Waals surface area contributed by atoms with Gasteiger partial charge < -0.3 is 10.6 Å². The summed E-state index contributed by atoms with van der Waals surface area (Å²) in [5.74, 6) is -0.184. The van der Waals surface area contributed by atoms with Crippen molar-refractivity contribution >= 4 is 32.9 Å². The van der Waals surface area contributed by atoms with Crippen LogP contribution in [0, 0.1) is 5.82 Å². The third-order valence-corrected chi connectivity index (χ3v) is 8.26. The van der Waals surface area contributed by atoms with Gasteiger partial charge in [0.05, 0.1) is 23.1 Å². The summed E-state index contributed by atoms with van der Waals surface area (Å²) < 4.78 is 57.5. The number of aromatic nitrogens is 3. The molecule has 1 aromatic carbocycles. The Balaban J connectivity index is 1.43. The van der Waals surface area contributed by atoms with E-state index in [1.165, 1.54) is 16.4 Å². The maximum atomic E-state index is 15.0. The summed E-state index contributed by atoms with van der Waals surface area (Å²) >= 11 is 0. The molecule has 4 heterocycles. The highest BCUT2D eigenvalue weighted by molar-refractivity contribution is 7.90. The zero-order valence-electron chi connectivity index (χ0n) is 20.8. The summed E-state index contributed by atoms with van der Waals surface area (Å²) in [7, 11) is -3.80. The second-order valence-corrected chi connectivity index (χ2v) is 11.6. The number of nitrogens with zero attached hydrogens (tertiary/aromatic N) is 4. The largest absolute Gasteiger partial charge is 0.350 e. The summed E-state index contributed by atoms with van der Waals surface area (Å²) in [6.07, 6.45) is 2.68. The lowest BCUT2D eigenvalue weighted by molar-refractivity contribution is 0.254. The van der Waals surface area contributed by atoms with Gasteiger partial charge in [-0.15, -0.1) is 0 Å². The highest BCUT2D eigenvalue weighted by Crippen LogP contribution is 2.31. The number of hydrogen-bond acceptors (Lipinski definition) is 7. The minimum absolute atomic E-state index is 0.0926. The van der Waals surface area contributed by atoms with E-state index >= 15 is 0 Å². The summed E-state index contributed by atoms with van der Waals surface area (Å²) in [6.45, 7) is 5.91. The number of piperidine rings is 1. The number of rotatable bonds is 7. The average molecular weight is 532 g/mol. The number of halogens is 2. The van der Waals surface area contributed by atoms with Crippen molar-refractivity contribution in [2.24, 2.45) is 0 Å². The number of alkyl halides is 1. The van der Waals surface area contributed by atoms with Crippen LogP contribution in [-0.2, 0) is 10.2 Å². The van der Waals surface area contributed by atoms with Crippen molar-refractivity contribution in [2.75, 3.05) is 36.2 Å². The molecule has 198 valence electrons. The van der Waals surface area contributed by atoms with E-state index in [0.29, 0.717) is 60.8 Å². The van der Waals surface area contributed by atoms with E-state index in [1.54, 1.807) is 12.3 Å². The second-order valence-electron chi connectivity index (χ2n) is 9.92. The molecule has 12 heteroatoms. The Labute approximate surface area is 215 Å². The maximum absolute atomic E-state index is 15.0. The lowest BCUT2D eigenvalue weighted by Crippen LogP contribution is -2.44. The van der Waals surface area contributed by atoms with Crippen LogP contribution in [0.2, 0.25) is 0 Å². The summed E-state index contributed by atoms with van der Waals surface area (Å²) in [5, 5.41) is 6.26. The fourth-order valence-corrected chi connectivity index (χ4v) is 6.09. The predicted molar refractivity (Wildman–Crippen MR) is 140 cm³/mol. The lowest BCUT2D eigenvalue weighted by atomic mass is 9.99. The summed E-state index contributed by atoms with van der Waals surface area (Å²) in [4.78, 5) is 13.7. The Morgan fingerprint density at radius 1 is 1.14 bits per heavy atom. The van der Waals surface area contributed by atoms with Crippen molar-refractivity contribution in [3.8, 4) is 11.3 Å². The van der Waals surface area contributed by atoms with Crippen LogP contribution in [0.15, 0.2) is 30.5 Å². The first-order valence-electron chi connectivity index (χ1n) is 12.6. The topological polar surface area (TPSA) is 112 Å². The van der Waals surface area contributed by atoms with Crippen LogP contribution >= 0.6 is 0 Å². The number of pyridine rings is 1. The maximum Gasteiger partial charge on any atom is 0.301 e. The first-order valence-corrected chi connectivity index (χ1v) is 14.0. The molecule has 2 aromatic heterocycles. The molecule has 2 aliphatic rings. The van der Waals surface area contributed by atoms with Crippen molar-refractivity contribution in [1.82, 2.24) is 24.6 Å². The van der Waals surface area contributed by atoms with E-state index in [1.807, 2.05) is 19.9 Å². The second kappa shape index (κ2) is 10.4. The third kappa shape index (κ3) is 5.65. The molecule has 0 amide bonds. The van der Waals surface area contributed by atoms with Crippen LogP contribution in [0.5, 0.6) is 0 Å². The van der Waals surface area contributed by atoms with Gasteiger partial charge in [-0.05, 0) is 42.5 Å². The zero-order chi connectivity index (χ0) is 26.2. The summed E-state index contributed by atoms with van der Waals surface area (Å²) in [6, 6.07) is 6.09. The lowest BCUT2D eigenvalue weighted by Gasteiger charge is -2.26. The Morgan fingerprint density at radius 3 is 2.62 bits per heavy atom. The molecule has 37 heavy (non-hydrogen) atoms. The molecule has 0 saturated carbocycles. The molecule has 0 unspecified atom stereocenters. The number of nitrogens with one attached hydrogen (secondary N) is 3. The van der Waals surface area contributed by atoms with Crippen molar-refractivity contribution in [3.05, 3.63) is 41.8 Å². The SMILES string of the molecule is CC(C)c1cc(-c2ccc(NS(=O)(=O)N3CCCC3)c(F)c2)nc2cnc(N[C@@H]3CNC[C@@H](F)C3)nc12. The molecule has 0 radical (unpaired) electrons. The van der Waals surface area contributed by atoms with Gasteiger partial charge >= 0.3 is 10.2 Å². The van der Waals surface area contributed by atoms with Crippen molar-refractivity contribution in [3.63, 3.8) is 0 Å². The number of benzene rings is 1. The van der Waals surface area contributed by atoms with Crippen LogP contribution in [-0.4, -0.2) is 66.1 Å². The quantitative estimate of drug-likeness (QED) is 0.425. The molecule has 5 rings (SSSR count). The van der Waals surface area contributed by atoms with Gasteiger partial charge in [0.15, 0.2) is 0 Å². The molecular formula is C25H31F2N7O2S. The molecule has 2 aliphatic heterocycles. The van der Waals surface area contributed by atoms with Gasteiger partial charge in [0.2, 0.25) is 5.95 Å². The molecular weight excluding hydrogens is 500 g/mol. The molecule has 3 N–H and O–H groups in total. The fraction of sp³-hybridized carbons (Fsp3) is 0.480. The van der Waals surface area contributed by atoms with E-state index in [4.69, 9.17) is 0 Å². The van der Waals surface area contributed by atoms with E-state index in [2.05, 4.69) is 30.3 Å². The summed E-state index contributed by atoms with van der Waals surface area (Å²) in [5.41, 5.74) is 3.07. The van der Waals surface area contributed by atoms with Crippen LogP contribution < -0.4 is 15.4 Å². The molecule has 0 bridgehead atoms. The number of fused-ring (bicyclic) bond motifs is 1. The van der Waals surface area contributed by atoms with E-state index in [0.717, 1.165) is 18.4 Å². The first-order chi connectivity index (χ1) is 17.7. The van der Waals surface area contributed by atoms with Gasteiger partial charge in [0.25, 0.3) is 0 Å². The van der Waals surface area contributed by atoms with Gasteiger partial charge in [0, 0.05) is 44.2 Å². The monoisotopic (exact) mass is 531 g/mol. The van der Waals surface area contributed by atoms with Gasteiger partial charge in [-0.1, -0.05) is 19.9 Å². The molecule has 3 aromatic rings. The Hall–Kier alpha value is -2.96. The van der Waals surface area contributed by atoms with Crippen LogP contribution in [0.3, 0.4) is 0 Å². The first kappa shape index (κ1) is 25.7. The van der Waals surface area contributed by atoms with Gasteiger partial charge in [0.1, 0.15) is 17.5 Å². The van der Waals surface area contributed by atoms with E-state index < -0.39 is 22.2 Å². The standard InChI is InChI=1S/C25H31F2N7O2S/c1-15(2)19-11-22(16-5-6-21(20(27)9-16)33-37(35,36)34-7-3-4-8-34)31-23-14-29-25(32-24(19)23)30-18-10-17(26)12-28-13-18/h5-6,9,11,14-15,17-18,28,33H,3-4,7-8,10,12-13H2,1-2H3,(H,29,30,32)/t17-,18-/m0/s1. The zero-order valence-corrected chi connectivity index (χ0v) is 21.7. The Morgan fingerprint density at radius 2 is 1.92 bits per heavy atom. The molecule has 2 atom stereocenters. The molecule has 9 nitrogen and oxygen atoms in total. The highest BCUT2D eigenvalue weighted by atomic mass is 32.2. The average Bonchev–Trinajstić information content (AvgIpc) is 3.41. The highest BCUT2D eigenvalue weighted by Gasteiger charge is 2.26. The van der Waals surface area contributed by atoms with E-state index in [9.17, 15) is 17.2 Å². The van der Waals surface area contributed by atoms with Crippen molar-refractivity contribution in [1.29, 1.82) is 0 Å². The Kier molecular flexibility index (Phi) is 7.24. The molecule has 0 spiro atoms. The minimum atomic E-state index is -3.80. The normalized spacial score (nSPS) is 21.0. The smallest absolute Gasteiger partial charge is 0.301 e. The third-order valence-electron chi connectivity index (χ3n) is 6.74. The van der Waals surface area contributed by atoms with Crippen LogP contribution in [0.25, 0.3) is 22.3 Å². The Bertz CT molecular complexity index is 1400. The molecule has 2 fully saturated rings. The van der Waals surface area contributed by atoms with Crippen molar-refractivity contribution < 1.29 is 17.2 Å². The van der Waals surface area contributed by atoms with Crippen LogP contribution in [0.4, 0.5) is 20.4 Å². The fourth-order valence-electron chi connectivity index (χ4n) is 4.78. The van der Waals surface area contributed by atoms with E-state index in [-0.39, 0.29) is 17.6 Å². The van der Waals surface area contributed by atoms with Gasteiger partial charge in [-0.3, -0.25) is 4.72 Å². The van der Waals surface area contributed by atoms with Gasteiger partial charge in [-0.2, -0.15) is 12.7 Å². The minimum Gasteiger partial charge on any atom is -0.350 e. The van der Waals surface area contributed by atoms with Crippen LogP contribution in [0.1, 0.15) is 44.6 Å². The predicted octanol–water partition coefficient (Wildman–Crippen LogP) is 3.82. The number of hydrogen-bond donors (Lipinski definition) is 3. The van der Waals surface area contributed by atoms with Crippen molar-refractivity contribution in [2.45, 2.75) is 51.2 Å².